The lowest BCUT2D eigenvalue weighted by molar-refractivity contribution is -0.0435. The van der Waals surface area contributed by atoms with Gasteiger partial charge >= 0.3 is 5.51 Å². The molecule has 0 aliphatic carbocycles. The van der Waals surface area contributed by atoms with Gasteiger partial charge in [-0.05, 0) is 43.3 Å². The monoisotopic (exact) mass is 471 g/mol. The Hall–Kier alpha value is -2.63. The third-order valence-corrected chi connectivity index (χ3v) is 6.47. The molecule has 0 aromatic heterocycles. The fourth-order valence-corrected chi connectivity index (χ4v) is 4.20. The van der Waals surface area contributed by atoms with E-state index < -0.39 is 26.1 Å². The van der Waals surface area contributed by atoms with E-state index in [-0.39, 0.29) is 23.5 Å². The van der Waals surface area contributed by atoms with Crippen LogP contribution in [0, 0.1) is 0 Å². The molecule has 32 heavy (non-hydrogen) atoms. The van der Waals surface area contributed by atoms with Crippen LogP contribution >= 0.6 is 0 Å². The quantitative estimate of drug-likeness (QED) is 0.574. The summed E-state index contributed by atoms with van der Waals surface area (Å²) in [6, 6.07) is 11.5. The summed E-state index contributed by atoms with van der Waals surface area (Å²) in [6.45, 7) is 3.83. The van der Waals surface area contributed by atoms with Crippen LogP contribution in [-0.2, 0) is 14.6 Å². The summed E-state index contributed by atoms with van der Waals surface area (Å²) in [5.41, 5.74) is -5.40. The summed E-state index contributed by atoms with van der Waals surface area (Å²) in [6.07, 6.45) is 0.609. The molecule has 1 amide bonds. The fraction of sp³-hybridized carbons (Fsp3) is 0.381. The second-order valence-corrected chi connectivity index (χ2v) is 9.12. The second-order valence-electron chi connectivity index (χ2n) is 7.21. The number of halogens is 3. The van der Waals surface area contributed by atoms with Gasteiger partial charge in [-0.1, -0.05) is 18.2 Å². The van der Waals surface area contributed by atoms with E-state index in [9.17, 15) is 26.4 Å². The Bertz CT molecular complexity index is 1020. The number of anilines is 2. The average Bonchev–Trinajstić information content (AvgIpc) is 2.78. The van der Waals surface area contributed by atoms with Gasteiger partial charge in [0.1, 0.15) is 4.90 Å². The van der Waals surface area contributed by atoms with Gasteiger partial charge in [0, 0.05) is 30.9 Å². The van der Waals surface area contributed by atoms with E-state index in [0.29, 0.717) is 26.2 Å². The van der Waals surface area contributed by atoms with Crippen molar-refractivity contribution in [3.8, 4) is 0 Å². The average molecular weight is 472 g/mol. The largest absolute Gasteiger partial charge is 0.501 e. The second kappa shape index (κ2) is 10.3. The summed E-state index contributed by atoms with van der Waals surface area (Å²) >= 11 is 0. The molecule has 0 unspecified atom stereocenters. The minimum Gasteiger partial charge on any atom is -0.384 e. The zero-order chi connectivity index (χ0) is 23.2. The number of rotatable bonds is 8. The number of carbonyl (C=O) groups is 1. The molecule has 1 aliphatic heterocycles. The third kappa shape index (κ3) is 5.99. The zero-order valence-corrected chi connectivity index (χ0v) is 18.0. The van der Waals surface area contributed by atoms with Crippen molar-refractivity contribution in [1.29, 1.82) is 0 Å². The smallest absolute Gasteiger partial charge is 0.384 e. The molecule has 0 spiro atoms. The molecule has 0 saturated carbocycles. The molecule has 1 fully saturated rings. The zero-order valence-electron chi connectivity index (χ0n) is 17.2. The maximum Gasteiger partial charge on any atom is 0.501 e. The van der Waals surface area contributed by atoms with Crippen LogP contribution in [0.3, 0.4) is 0 Å². The van der Waals surface area contributed by atoms with E-state index >= 15 is 0 Å². The molecule has 0 atom stereocenters. The van der Waals surface area contributed by atoms with Crippen molar-refractivity contribution < 1.29 is 31.1 Å². The molecule has 0 radical (unpaired) electrons. The topological polar surface area (TPSA) is 87.7 Å². The van der Waals surface area contributed by atoms with Gasteiger partial charge in [-0.25, -0.2) is 8.42 Å². The van der Waals surface area contributed by atoms with E-state index in [1.807, 2.05) is 0 Å². The molecule has 2 aromatic rings. The number of amides is 1. The van der Waals surface area contributed by atoms with Crippen molar-refractivity contribution in [2.75, 3.05) is 50.0 Å². The summed E-state index contributed by atoms with van der Waals surface area (Å²) in [4.78, 5) is 13.5. The van der Waals surface area contributed by atoms with Gasteiger partial charge in [0.2, 0.25) is 0 Å². The van der Waals surface area contributed by atoms with Gasteiger partial charge in [0.05, 0.1) is 18.9 Å². The Balaban J connectivity index is 1.76. The van der Waals surface area contributed by atoms with Crippen LogP contribution < -0.4 is 10.6 Å². The highest BCUT2D eigenvalue weighted by atomic mass is 32.2. The minimum atomic E-state index is -5.63. The molecular weight excluding hydrogens is 447 g/mol. The van der Waals surface area contributed by atoms with Crippen molar-refractivity contribution in [2.45, 2.75) is 16.8 Å². The molecule has 3 rings (SSSR count). The molecule has 1 saturated heterocycles. The molecule has 11 heteroatoms. The first kappa shape index (κ1) is 24.0. The number of benzene rings is 2. The maximum atomic E-state index is 13.3. The van der Waals surface area contributed by atoms with Crippen molar-refractivity contribution in [2.24, 2.45) is 0 Å². The number of ether oxygens (including phenoxy) is 1. The van der Waals surface area contributed by atoms with Crippen molar-refractivity contribution in [1.82, 2.24) is 4.90 Å². The van der Waals surface area contributed by atoms with Crippen molar-refractivity contribution >= 4 is 27.1 Å². The first-order valence-corrected chi connectivity index (χ1v) is 11.5. The van der Waals surface area contributed by atoms with E-state index in [2.05, 4.69) is 15.5 Å². The van der Waals surface area contributed by atoms with Gasteiger partial charge in [0.25, 0.3) is 15.7 Å². The molecule has 2 aromatic carbocycles. The summed E-state index contributed by atoms with van der Waals surface area (Å²) in [7, 11) is -5.63. The highest BCUT2D eigenvalue weighted by molar-refractivity contribution is 7.92. The summed E-state index contributed by atoms with van der Waals surface area (Å²) in [5, 5.41) is 5.24. The third-order valence-electron chi connectivity index (χ3n) is 4.94. The lowest BCUT2D eigenvalue weighted by atomic mass is 10.2. The Labute approximate surface area is 184 Å². The molecule has 1 heterocycles. The number of nitrogens with zero attached hydrogens (tertiary/aromatic N) is 1. The van der Waals surface area contributed by atoms with Crippen LogP contribution in [-0.4, -0.2) is 64.1 Å². The first-order valence-electron chi connectivity index (χ1n) is 10.0. The summed E-state index contributed by atoms with van der Waals surface area (Å²) < 4.78 is 69.4. The number of alkyl halides is 3. The molecule has 2 N–H and O–H groups in total. The van der Waals surface area contributed by atoms with Gasteiger partial charge in [-0.3, -0.25) is 9.69 Å². The normalized spacial score (nSPS) is 15.3. The van der Waals surface area contributed by atoms with Crippen LogP contribution in [0.1, 0.15) is 16.8 Å². The van der Waals surface area contributed by atoms with Gasteiger partial charge in [0.15, 0.2) is 0 Å². The van der Waals surface area contributed by atoms with Crippen LogP contribution in [0.25, 0.3) is 0 Å². The molecule has 1 aliphatic rings. The fourth-order valence-electron chi connectivity index (χ4n) is 3.24. The lowest BCUT2D eigenvalue weighted by Crippen LogP contribution is -2.37. The number of hydrogen-bond acceptors (Lipinski definition) is 6. The highest BCUT2D eigenvalue weighted by Gasteiger charge is 2.48. The standard InChI is InChI=1S/C21H24F3N3O4S/c22-21(23,24)32(29,30)19-15-17(26-20(28)16-5-2-1-3-6-16)7-8-18(19)25-9-4-10-27-11-13-31-14-12-27/h1-3,5-8,15,25H,4,9-14H2,(H,26,28). The van der Waals surface area contributed by atoms with Crippen LogP contribution in [0.5, 0.6) is 0 Å². The molecule has 174 valence electrons. The van der Waals surface area contributed by atoms with Gasteiger partial charge < -0.3 is 15.4 Å². The molecule has 7 nitrogen and oxygen atoms in total. The predicted molar refractivity (Wildman–Crippen MR) is 114 cm³/mol. The Morgan fingerprint density at radius 1 is 1.06 bits per heavy atom. The Morgan fingerprint density at radius 3 is 2.41 bits per heavy atom. The van der Waals surface area contributed by atoms with E-state index in [0.717, 1.165) is 19.2 Å². The van der Waals surface area contributed by atoms with E-state index in [1.54, 1.807) is 18.2 Å². The van der Waals surface area contributed by atoms with Gasteiger partial charge in [-0.2, -0.15) is 13.2 Å². The number of morpholine rings is 1. The maximum absolute atomic E-state index is 13.3. The van der Waals surface area contributed by atoms with E-state index in [4.69, 9.17) is 4.74 Å². The van der Waals surface area contributed by atoms with Crippen molar-refractivity contribution in [3.05, 3.63) is 54.1 Å². The van der Waals surface area contributed by atoms with Crippen LogP contribution in [0.2, 0.25) is 0 Å². The van der Waals surface area contributed by atoms with Crippen molar-refractivity contribution in [3.63, 3.8) is 0 Å². The number of nitrogens with one attached hydrogen (secondary N) is 2. The number of carbonyl (C=O) groups excluding carboxylic acids is 1. The Kier molecular flexibility index (Phi) is 7.75. The first-order chi connectivity index (χ1) is 15.2. The minimum absolute atomic E-state index is 0.0551. The highest BCUT2D eigenvalue weighted by Crippen LogP contribution is 2.36. The predicted octanol–water partition coefficient (Wildman–Crippen LogP) is 3.37. The van der Waals surface area contributed by atoms with Crippen LogP contribution in [0.4, 0.5) is 24.5 Å². The number of sulfone groups is 1. The number of hydrogen-bond donors (Lipinski definition) is 2. The van der Waals surface area contributed by atoms with Crippen LogP contribution in [0.15, 0.2) is 53.4 Å². The molecule has 0 bridgehead atoms. The lowest BCUT2D eigenvalue weighted by Gasteiger charge is -2.26. The summed E-state index contributed by atoms with van der Waals surface area (Å²) in [5.74, 6) is -0.563. The molecular formula is C21H24F3N3O4S. The van der Waals surface area contributed by atoms with Gasteiger partial charge in [-0.15, -0.1) is 0 Å². The van der Waals surface area contributed by atoms with E-state index in [1.165, 1.54) is 24.3 Å². The Morgan fingerprint density at radius 2 is 1.75 bits per heavy atom. The SMILES string of the molecule is O=C(Nc1ccc(NCCCN2CCOCC2)c(S(=O)(=O)C(F)(F)F)c1)c1ccccc1.